The summed E-state index contributed by atoms with van der Waals surface area (Å²) >= 11 is 0. The van der Waals surface area contributed by atoms with E-state index in [4.69, 9.17) is 4.74 Å². The third-order valence-electron chi connectivity index (χ3n) is 3.46. The van der Waals surface area contributed by atoms with Crippen LogP contribution in [0.2, 0.25) is 0 Å². The molecule has 0 aromatic rings. The Labute approximate surface area is 92.8 Å². The number of hydrogen-bond donors (Lipinski definition) is 0. The highest BCUT2D eigenvalue weighted by Gasteiger charge is 2.39. The molecule has 1 unspecified atom stereocenters. The van der Waals surface area contributed by atoms with Crippen molar-refractivity contribution in [3.63, 3.8) is 0 Å². The molecule has 3 nitrogen and oxygen atoms in total. The Balaban J connectivity index is 2.68. The smallest absolute Gasteiger partial charge is 0.326 e. The van der Waals surface area contributed by atoms with Gasteiger partial charge in [0, 0.05) is 0 Å². The van der Waals surface area contributed by atoms with Crippen molar-refractivity contribution >= 4 is 5.97 Å². The quantitative estimate of drug-likeness (QED) is 0.670. The number of esters is 1. The van der Waals surface area contributed by atoms with Gasteiger partial charge in [0.05, 0.1) is 6.61 Å². The number of carbonyl (C=O) groups excluding carboxylic acids is 1. The highest BCUT2D eigenvalue weighted by Crippen LogP contribution is 2.25. The van der Waals surface area contributed by atoms with Crippen LogP contribution in [0.15, 0.2) is 0 Å². The largest absolute Gasteiger partial charge is 0.465 e. The Morgan fingerprint density at radius 3 is 2.33 bits per heavy atom. The Morgan fingerprint density at radius 1 is 1.27 bits per heavy atom. The number of carbonyl (C=O) groups is 1. The lowest BCUT2D eigenvalue weighted by Crippen LogP contribution is -2.54. The fraction of sp³-hybridized carbons (Fsp3) is 0.917. The molecule has 0 radical (unpaired) electrons. The zero-order valence-corrected chi connectivity index (χ0v) is 10.2. The summed E-state index contributed by atoms with van der Waals surface area (Å²) in [5.74, 6) is -0.0607. The van der Waals surface area contributed by atoms with Crippen molar-refractivity contribution < 1.29 is 9.53 Å². The van der Waals surface area contributed by atoms with Gasteiger partial charge in [-0.3, -0.25) is 9.69 Å². The SMILES string of the molecule is CCOC(=O)C(C)(CC)N1CCCCC1. The fourth-order valence-corrected chi connectivity index (χ4v) is 2.17. The van der Waals surface area contributed by atoms with Gasteiger partial charge in [-0.2, -0.15) is 0 Å². The van der Waals surface area contributed by atoms with Crippen LogP contribution >= 0.6 is 0 Å². The van der Waals surface area contributed by atoms with Crippen LogP contribution in [0, 0.1) is 0 Å². The molecule has 15 heavy (non-hydrogen) atoms. The van der Waals surface area contributed by atoms with Crippen molar-refractivity contribution in [1.82, 2.24) is 4.90 Å². The molecule has 88 valence electrons. The van der Waals surface area contributed by atoms with Gasteiger partial charge in [-0.05, 0) is 46.2 Å². The number of hydrogen-bond acceptors (Lipinski definition) is 3. The number of rotatable bonds is 4. The normalized spacial score (nSPS) is 22.1. The topological polar surface area (TPSA) is 29.5 Å². The minimum absolute atomic E-state index is 0.0607. The molecule has 0 aliphatic carbocycles. The predicted octanol–water partition coefficient (Wildman–Crippen LogP) is 2.20. The second kappa shape index (κ2) is 5.50. The van der Waals surface area contributed by atoms with Crippen LogP contribution in [0.1, 0.15) is 46.5 Å². The van der Waals surface area contributed by atoms with Gasteiger partial charge in [-0.25, -0.2) is 0 Å². The lowest BCUT2D eigenvalue weighted by molar-refractivity contribution is -0.158. The van der Waals surface area contributed by atoms with Gasteiger partial charge in [0.15, 0.2) is 0 Å². The summed E-state index contributed by atoms with van der Waals surface area (Å²) in [6, 6.07) is 0. The number of likely N-dealkylation sites (tertiary alicyclic amines) is 1. The summed E-state index contributed by atoms with van der Waals surface area (Å²) in [5.41, 5.74) is -0.406. The first-order chi connectivity index (χ1) is 7.15. The maximum Gasteiger partial charge on any atom is 0.326 e. The lowest BCUT2D eigenvalue weighted by atomic mass is 9.93. The lowest BCUT2D eigenvalue weighted by Gasteiger charge is -2.40. The van der Waals surface area contributed by atoms with Crippen molar-refractivity contribution in [2.75, 3.05) is 19.7 Å². The molecule has 0 bridgehead atoms. The van der Waals surface area contributed by atoms with Crippen LogP contribution in [0.4, 0.5) is 0 Å². The van der Waals surface area contributed by atoms with Gasteiger partial charge in [0.2, 0.25) is 0 Å². The van der Waals surface area contributed by atoms with E-state index in [1.54, 1.807) is 0 Å². The van der Waals surface area contributed by atoms with Crippen LogP contribution in [0.25, 0.3) is 0 Å². The highest BCUT2D eigenvalue weighted by atomic mass is 16.5. The molecular formula is C12H23NO2. The third-order valence-corrected chi connectivity index (χ3v) is 3.46. The van der Waals surface area contributed by atoms with Crippen LogP contribution < -0.4 is 0 Å². The summed E-state index contributed by atoms with van der Waals surface area (Å²) in [6.07, 6.45) is 4.52. The van der Waals surface area contributed by atoms with Gasteiger partial charge in [0.25, 0.3) is 0 Å². The fourth-order valence-electron chi connectivity index (χ4n) is 2.17. The molecule has 1 fully saturated rings. The molecule has 1 aliphatic rings. The first kappa shape index (κ1) is 12.5. The van der Waals surface area contributed by atoms with Gasteiger partial charge in [-0.15, -0.1) is 0 Å². The van der Waals surface area contributed by atoms with Crippen molar-refractivity contribution in [2.45, 2.75) is 52.0 Å². The van der Waals surface area contributed by atoms with E-state index in [1.165, 1.54) is 19.3 Å². The minimum Gasteiger partial charge on any atom is -0.465 e. The van der Waals surface area contributed by atoms with Crippen LogP contribution in [0.3, 0.4) is 0 Å². The van der Waals surface area contributed by atoms with Crippen LogP contribution in [-0.4, -0.2) is 36.1 Å². The van der Waals surface area contributed by atoms with E-state index in [0.717, 1.165) is 19.5 Å². The molecule has 0 amide bonds. The summed E-state index contributed by atoms with van der Waals surface area (Å²) < 4.78 is 5.17. The molecule has 1 atom stereocenters. The van der Waals surface area contributed by atoms with E-state index >= 15 is 0 Å². The maximum absolute atomic E-state index is 11.9. The first-order valence-corrected chi connectivity index (χ1v) is 6.07. The van der Waals surface area contributed by atoms with Gasteiger partial charge in [0.1, 0.15) is 5.54 Å². The average molecular weight is 213 g/mol. The van der Waals surface area contributed by atoms with E-state index in [2.05, 4.69) is 11.8 Å². The van der Waals surface area contributed by atoms with Crippen LogP contribution in [-0.2, 0) is 9.53 Å². The summed E-state index contributed by atoms with van der Waals surface area (Å²) in [4.78, 5) is 14.2. The minimum atomic E-state index is -0.406. The summed E-state index contributed by atoms with van der Waals surface area (Å²) in [6.45, 7) is 8.47. The zero-order chi connectivity index (χ0) is 11.3. The Hall–Kier alpha value is -0.570. The molecule has 0 saturated carbocycles. The number of ether oxygens (including phenoxy) is 1. The molecule has 0 aromatic carbocycles. The van der Waals surface area contributed by atoms with Gasteiger partial charge < -0.3 is 4.74 Å². The molecule has 0 aromatic heterocycles. The summed E-state index contributed by atoms with van der Waals surface area (Å²) in [7, 11) is 0. The molecule has 1 aliphatic heterocycles. The highest BCUT2D eigenvalue weighted by molar-refractivity contribution is 5.80. The Bertz CT molecular complexity index is 212. The van der Waals surface area contributed by atoms with Gasteiger partial charge in [-0.1, -0.05) is 13.3 Å². The van der Waals surface area contributed by atoms with E-state index in [0.29, 0.717) is 6.61 Å². The zero-order valence-electron chi connectivity index (χ0n) is 10.2. The molecule has 0 N–H and O–H groups in total. The van der Waals surface area contributed by atoms with Crippen molar-refractivity contribution in [3.05, 3.63) is 0 Å². The first-order valence-electron chi connectivity index (χ1n) is 6.07. The van der Waals surface area contributed by atoms with Crippen molar-refractivity contribution in [3.8, 4) is 0 Å². The molecule has 1 saturated heterocycles. The summed E-state index contributed by atoms with van der Waals surface area (Å²) in [5, 5.41) is 0. The van der Waals surface area contributed by atoms with E-state index in [9.17, 15) is 4.79 Å². The molecule has 1 heterocycles. The molecule has 1 rings (SSSR count). The Kier molecular flexibility index (Phi) is 4.58. The predicted molar refractivity (Wildman–Crippen MR) is 60.8 cm³/mol. The maximum atomic E-state index is 11.9. The number of nitrogens with zero attached hydrogens (tertiary/aromatic N) is 1. The second-order valence-electron chi connectivity index (χ2n) is 4.40. The second-order valence-corrected chi connectivity index (χ2v) is 4.40. The standard InChI is InChI=1S/C12H23NO2/c1-4-12(3,11(14)15-5-2)13-9-7-6-8-10-13/h4-10H2,1-3H3. The third kappa shape index (κ3) is 2.71. The van der Waals surface area contributed by atoms with Crippen molar-refractivity contribution in [2.24, 2.45) is 0 Å². The molecule has 0 spiro atoms. The number of piperidine rings is 1. The van der Waals surface area contributed by atoms with E-state index in [1.807, 2.05) is 13.8 Å². The van der Waals surface area contributed by atoms with Gasteiger partial charge >= 0.3 is 5.97 Å². The van der Waals surface area contributed by atoms with E-state index in [-0.39, 0.29) is 5.97 Å². The molecular weight excluding hydrogens is 190 g/mol. The van der Waals surface area contributed by atoms with Crippen LogP contribution in [0.5, 0.6) is 0 Å². The monoisotopic (exact) mass is 213 g/mol. The van der Waals surface area contributed by atoms with Crippen molar-refractivity contribution in [1.29, 1.82) is 0 Å². The molecule has 3 heteroatoms. The van der Waals surface area contributed by atoms with E-state index < -0.39 is 5.54 Å². The Morgan fingerprint density at radius 2 is 1.87 bits per heavy atom. The average Bonchev–Trinajstić information content (AvgIpc) is 2.29.